The summed E-state index contributed by atoms with van der Waals surface area (Å²) in [5, 5.41) is 12.4. The summed E-state index contributed by atoms with van der Waals surface area (Å²) in [5.41, 5.74) is 4.27. The number of nitrogens with zero attached hydrogens (tertiary/aromatic N) is 2. The molecule has 2 aromatic rings. The Balaban J connectivity index is 1.64. The van der Waals surface area contributed by atoms with Crippen LogP contribution in [0.1, 0.15) is 48.1 Å². The van der Waals surface area contributed by atoms with Crippen LogP contribution in [0.4, 0.5) is 0 Å². The van der Waals surface area contributed by atoms with Crippen LogP contribution in [0.15, 0.2) is 48.5 Å². The van der Waals surface area contributed by atoms with E-state index in [0.717, 1.165) is 25.1 Å². The molecule has 0 saturated carbocycles. The predicted octanol–water partition coefficient (Wildman–Crippen LogP) is 3.53. The van der Waals surface area contributed by atoms with Gasteiger partial charge in [-0.2, -0.15) is 5.26 Å². The van der Waals surface area contributed by atoms with Gasteiger partial charge >= 0.3 is 0 Å². The molecule has 3 rings (SSSR count). The number of amides is 1. The molecule has 1 N–H and O–H groups in total. The molecule has 0 aromatic heterocycles. The Morgan fingerprint density at radius 3 is 2.52 bits per heavy atom. The standard InChI is InChI=1S/C21H23N3O/c1-16(18-10-8-17(13-22)9-11-18)23-14-19-5-2-3-6-20(19)15-24-12-4-7-21(24)25/h2-3,5-6,8-11,16,23H,4,7,12,14-15H2,1H3/t16-/m0/s1. The number of benzene rings is 2. The van der Waals surface area contributed by atoms with Crippen molar-refractivity contribution in [1.29, 1.82) is 5.26 Å². The first-order chi connectivity index (χ1) is 12.2. The van der Waals surface area contributed by atoms with Crippen molar-refractivity contribution in [2.45, 2.75) is 38.9 Å². The largest absolute Gasteiger partial charge is 0.338 e. The lowest BCUT2D eigenvalue weighted by Crippen LogP contribution is -2.25. The van der Waals surface area contributed by atoms with E-state index >= 15 is 0 Å². The number of nitriles is 1. The minimum Gasteiger partial charge on any atom is -0.338 e. The molecule has 25 heavy (non-hydrogen) atoms. The Labute approximate surface area is 149 Å². The smallest absolute Gasteiger partial charge is 0.222 e. The van der Waals surface area contributed by atoms with Crippen LogP contribution in [0.5, 0.6) is 0 Å². The third-order valence-corrected chi connectivity index (χ3v) is 4.79. The van der Waals surface area contributed by atoms with Crippen LogP contribution in [-0.2, 0) is 17.9 Å². The van der Waals surface area contributed by atoms with Crippen LogP contribution in [0.2, 0.25) is 0 Å². The van der Waals surface area contributed by atoms with E-state index in [2.05, 4.69) is 30.4 Å². The molecule has 0 aliphatic carbocycles. The van der Waals surface area contributed by atoms with E-state index in [-0.39, 0.29) is 11.9 Å². The molecule has 1 fully saturated rings. The maximum Gasteiger partial charge on any atom is 0.222 e. The van der Waals surface area contributed by atoms with Crippen LogP contribution in [0, 0.1) is 11.3 Å². The van der Waals surface area contributed by atoms with Crippen LogP contribution < -0.4 is 5.32 Å². The monoisotopic (exact) mass is 333 g/mol. The van der Waals surface area contributed by atoms with Gasteiger partial charge in [0.05, 0.1) is 11.6 Å². The van der Waals surface area contributed by atoms with Crippen molar-refractivity contribution in [3.63, 3.8) is 0 Å². The normalized spacial score (nSPS) is 15.2. The van der Waals surface area contributed by atoms with Crippen molar-refractivity contribution in [2.75, 3.05) is 6.54 Å². The molecule has 1 aliphatic heterocycles. The minimum atomic E-state index is 0.189. The first kappa shape index (κ1) is 17.2. The number of carbonyl (C=O) groups is 1. The van der Waals surface area contributed by atoms with Crippen LogP contribution >= 0.6 is 0 Å². The molecule has 4 nitrogen and oxygen atoms in total. The third kappa shape index (κ3) is 4.26. The molecule has 0 unspecified atom stereocenters. The Kier molecular flexibility index (Phi) is 5.47. The summed E-state index contributed by atoms with van der Waals surface area (Å²) in [5.74, 6) is 0.258. The molecule has 0 bridgehead atoms. The van der Waals surface area contributed by atoms with Crippen LogP contribution in [-0.4, -0.2) is 17.4 Å². The second-order valence-electron chi connectivity index (χ2n) is 6.52. The van der Waals surface area contributed by atoms with E-state index in [4.69, 9.17) is 5.26 Å². The number of hydrogen-bond acceptors (Lipinski definition) is 3. The molecule has 2 aromatic carbocycles. The summed E-state index contributed by atoms with van der Waals surface area (Å²) in [4.78, 5) is 13.8. The molecule has 1 saturated heterocycles. The van der Waals surface area contributed by atoms with E-state index in [0.29, 0.717) is 18.5 Å². The van der Waals surface area contributed by atoms with Gasteiger partial charge in [-0.1, -0.05) is 36.4 Å². The maximum atomic E-state index is 11.9. The lowest BCUT2D eigenvalue weighted by atomic mass is 10.0. The lowest BCUT2D eigenvalue weighted by Gasteiger charge is -2.20. The molecule has 1 amide bonds. The fourth-order valence-electron chi connectivity index (χ4n) is 3.19. The summed E-state index contributed by atoms with van der Waals surface area (Å²) in [6.07, 6.45) is 1.64. The van der Waals surface area contributed by atoms with E-state index in [1.165, 1.54) is 11.1 Å². The van der Waals surface area contributed by atoms with Crippen molar-refractivity contribution >= 4 is 5.91 Å². The van der Waals surface area contributed by atoms with Crippen molar-refractivity contribution in [1.82, 2.24) is 10.2 Å². The van der Waals surface area contributed by atoms with Gasteiger partial charge in [-0.15, -0.1) is 0 Å². The lowest BCUT2D eigenvalue weighted by molar-refractivity contribution is -0.128. The summed E-state index contributed by atoms with van der Waals surface area (Å²) < 4.78 is 0. The molecule has 1 atom stereocenters. The van der Waals surface area contributed by atoms with E-state index in [1.807, 2.05) is 41.3 Å². The van der Waals surface area contributed by atoms with Crippen molar-refractivity contribution in [3.05, 3.63) is 70.8 Å². The average Bonchev–Trinajstić information content (AvgIpc) is 3.05. The zero-order valence-electron chi connectivity index (χ0n) is 14.5. The topological polar surface area (TPSA) is 56.1 Å². The number of hydrogen-bond donors (Lipinski definition) is 1. The molecule has 1 aliphatic rings. The summed E-state index contributed by atoms with van der Waals surface area (Å²) in [6, 6.07) is 18.3. The molecule has 0 spiro atoms. The van der Waals surface area contributed by atoms with Crippen molar-refractivity contribution < 1.29 is 4.79 Å². The minimum absolute atomic E-state index is 0.189. The summed E-state index contributed by atoms with van der Waals surface area (Å²) in [7, 11) is 0. The molecule has 4 heteroatoms. The van der Waals surface area contributed by atoms with E-state index in [1.54, 1.807) is 0 Å². The van der Waals surface area contributed by atoms with Gasteiger partial charge in [-0.25, -0.2) is 0 Å². The first-order valence-corrected chi connectivity index (χ1v) is 8.75. The zero-order chi connectivity index (χ0) is 17.6. The zero-order valence-corrected chi connectivity index (χ0v) is 14.5. The summed E-state index contributed by atoms with van der Waals surface area (Å²) in [6.45, 7) is 4.43. The number of likely N-dealkylation sites (tertiary alicyclic amines) is 1. The first-order valence-electron chi connectivity index (χ1n) is 8.75. The fourth-order valence-corrected chi connectivity index (χ4v) is 3.19. The number of rotatable bonds is 6. The Morgan fingerprint density at radius 1 is 1.16 bits per heavy atom. The maximum absolute atomic E-state index is 11.9. The van der Waals surface area contributed by atoms with Crippen LogP contribution in [0.3, 0.4) is 0 Å². The van der Waals surface area contributed by atoms with Crippen molar-refractivity contribution in [2.24, 2.45) is 0 Å². The highest BCUT2D eigenvalue weighted by atomic mass is 16.2. The van der Waals surface area contributed by atoms with Crippen molar-refractivity contribution in [3.8, 4) is 6.07 Å². The third-order valence-electron chi connectivity index (χ3n) is 4.79. The molecule has 0 radical (unpaired) electrons. The second kappa shape index (κ2) is 7.96. The Hall–Kier alpha value is -2.64. The highest BCUT2D eigenvalue weighted by molar-refractivity contribution is 5.78. The quantitative estimate of drug-likeness (QED) is 0.880. The highest BCUT2D eigenvalue weighted by Crippen LogP contribution is 2.19. The van der Waals surface area contributed by atoms with Gasteiger partial charge in [-0.05, 0) is 42.2 Å². The number of nitrogens with one attached hydrogen (secondary N) is 1. The van der Waals surface area contributed by atoms with Gasteiger partial charge in [-0.3, -0.25) is 4.79 Å². The Morgan fingerprint density at radius 2 is 1.88 bits per heavy atom. The predicted molar refractivity (Wildman–Crippen MR) is 97.5 cm³/mol. The van der Waals surface area contributed by atoms with Gasteiger partial charge in [0.2, 0.25) is 5.91 Å². The second-order valence-corrected chi connectivity index (χ2v) is 6.52. The SMILES string of the molecule is C[C@H](NCc1ccccc1CN1CCCC1=O)c1ccc(C#N)cc1. The molecular weight excluding hydrogens is 310 g/mol. The molecular formula is C21H23N3O. The average molecular weight is 333 g/mol. The molecule has 1 heterocycles. The Bertz CT molecular complexity index is 776. The van der Waals surface area contributed by atoms with Crippen LogP contribution in [0.25, 0.3) is 0 Å². The van der Waals surface area contributed by atoms with Gasteiger partial charge in [0, 0.05) is 32.1 Å². The fraction of sp³-hybridized carbons (Fsp3) is 0.333. The van der Waals surface area contributed by atoms with E-state index in [9.17, 15) is 4.79 Å². The van der Waals surface area contributed by atoms with Gasteiger partial charge in [0.1, 0.15) is 0 Å². The van der Waals surface area contributed by atoms with Gasteiger partial charge in [0.25, 0.3) is 0 Å². The number of carbonyl (C=O) groups excluding carboxylic acids is 1. The molecule has 128 valence electrons. The van der Waals surface area contributed by atoms with Gasteiger partial charge in [0.15, 0.2) is 0 Å². The highest BCUT2D eigenvalue weighted by Gasteiger charge is 2.20. The summed E-state index contributed by atoms with van der Waals surface area (Å²) >= 11 is 0. The van der Waals surface area contributed by atoms with Gasteiger partial charge < -0.3 is 10.2 Å². The van der Waals surface area contributed by atoms with E-state index < -0.39 is 0 Å².